The van der Waals surface area contributed by atoms with Crippen LogP contribution in [0.1, 0.15) is 5.56 Å². The van der Waals surface area contributed by atoms with E-state index < -0.39 is 0 Å². The normalized spacial score (nSPS) is 10.2. The summed E-state index contributed by atoms with van der Waals surface area (Å²) in [5.74, 6) is 0. The van der Waals surface area contributed by atoms with E-state index in [0.29, 0.717) is 20.8 Å². The van der Waals surface area contributed by atoms with Crippen molar-refractivity contribution in [1.29, 1.82) is 5.26 Å². The number of imidazole rings is 1. The van der Waals surface area contributed by atoms with Crippen molar-refractivity contribution < 1.29 is 0 Å². The maximum atomic E-state index is 8.70. The molecule has 2 aromatic rings. The molecule has 0 fully saturated rings. The number of nitrogens with one attached hydrogen (secondary N) is 1. The number of hydrogen-bond donors (Lipinski definition) is 1. The van der Waals surface area contributed by atoms with Crippen LogP contribution < -0.4 is 0 Å². The third-order valence-electron chi connectivity index (χ3n) is 1.68. The van der Waals surface area contributed by atoms with Crippen LogP contribution in [0.5, 0.6) is 0 Å². The molecule has 2 rings (SSSR count). The molecule has 0 unspecified atom stereocenters. The summed E-state index contributed by atoms with van der Waals surface area (Å²) in [6.45, 7) is 0. The molecule has 3 nitrogen and oxygen atoms in total. The van der Waals surface area contributed by atoms with E-state index in [1.165, 1.54) is 0 Å². The fraction of sp³-hybridized carbons (Fsp3) is 0. The average molecular weight is 256 g/mol. The van der Waals surface area contributed by atoms with Gasteiger partial charge in [0, 0.05) is 0 Å². The summed E-state index contributed by atoms with van der Waals surface area (Å²) in [4.78, 5) is 7.06. The SMILES string of the molecule is N#Cc1ccc2[nH]c(Br)nc2c1Cl. The summed E-state index contributed by atoms with van der Waals surface area (Å²) in [5.41, 5.74) is 1.87. The molecule has 1 heterocycles. The van der Waals surface area contributed by atoms with Crippen LogP contribution in [0.2, 0.25) is 5.02 Å². The molecule has 0 atom stereocenters. The lowest BCUT2D eigenvalue weighted by molar-refractivity contribution is 1.27. The van der Waals surface area contributed by atoms with Gasteiger partial charge in [0.25, 0.3) is 0 Å². The minimum Gasteiger partial charge on any atom is -0.332 e. The lowest BCUT2D eigenvalue weighted by Crippen LogP contribution is -1.78. The molecule has 64 valence electrons. The largest absolute Gasteiger partial charge is 0.332 e. The first kappa shape index (κ1) is 8.54. The standard InChI is InChI=1S/C8H3BrClN3/c9-8-12-5-2-1-4(3-11)6(10)7(5)13-8/h1-2H,(H,12,13). The van der Waals surface area contributed by atoms with E-state index in [1.807, 2.05) is 6.07 Å². The average Bonchev–Trinajstić information content (AvgIpc) is 2.47. The summed E-state index contributed by atoms with van der Waals surface area (Å²) in [6, 6.07) is 5.43. The summed E-state index contributed by atoms with van der Waals surface area (Å²) in [6.07, 6.45) is 0. The van der Waals surface area contributed by atoms with E-state index in [9.17, 15) is 0 Å². The van der Waals surface area contributed by atoms with Crippen molar-refractivity contribution in [3.05, 3.63) is 27.5 Å². The van der Waals surface area contributed by atoms with Gasteiger partial charge in [0.2, 0.25) is 0 Å². The summed E-state index contributed by atoms with van der Waals surface area (Å²) in [7, 11) is 0. The second-order valence-electron chi connectivity index (χ2n) is 2.46. The molecular formula is C8H3BrClN3. The van der Waals surface area contributed by atoms with Crippen LogP contribution in [0.25, 0.3) is 11.0 Å². The maximum Gasteiger partial charge on any atom is 0.175 e. The van der Waals surface area contributed by atoms with E-state index >= 15 is 0 Å². The quantitative estimate of drug-likeness (QED) is 0.788. The number of rotatable bonds is 0. The van der Waals surface area contributed by atoms with Crippen molar-refractivity contribution in [2.45, 2.75) is 0 Å². The lowest BCUT2D eigenvalue weighted by Gasteiger charge is -1.93. The number of benzene rings is 1. The number of halogens is 2. The van der Waals surface area contributed by atoms with Gasteiger partial charge in [-0.05, 0) is 28.1 Å². The number of H-pyrrole nitrogens is 1. The summed E-state index contributed by atoms with van der Waals surface area (Å²) < 4.78 is 0.611. The van der Waals surface area contributed by atoms with Crippen LogP contribution in [-0.2, 0) is 0 Å². The zero-order valence-electron chi connectivity index (χ0n) is 6.31. The number of fused-ring (bicyclic) bond motifs is 1. The summed E-state index contributed by atoms with van der Waals surface area (Å²) in [5, 5.41) is 9.09. The van der Waals surface area contributed by atoms with Gasteiger partial charge in [-0.1, -0.05) is 11.6 Å². The summed E-state index contributed by atoms with van der Waals surface area (Å²) >= 11 is 9.13. The Bertz CT molecular complexity index is 512. The number of nitriles is 1. The Labute approximate surface area is 87.5 Å². The van der Waals surface area contributed by atoms with Crippen LogP contribution in [0.15, 0.2) is 16.9 Å². The van der Waals surface area contributed by atoms with E-state index in [2.05, 4.69) is 25.9 Å². The predicted molar refractivity (Wildman–Crippen MR) is 53.5 cm³/mol. The van der Waals surface area contributed by atoms with Crippen molar-refractivity contribution in [3.8, 4) is 6.07 Å². The van der Waals surface area contributed by atoms with E-state index in [4.69, 9.17) is 16.9 Å². The Balaban J connectivity index is 2.87. The number of nitrogens with zero attached hydrogens (tertiary/aromatic N) is 2. The first-order chi connectivity index (χ1) is 6.22. The Kier molecular flexibility index (Phi) is 1.98. The fourth-order valence-electron chi connectivity index (χ4n) is 1.10. The molecule has 1 aromatic carbocycles. The number of aromatic amines is 1. The predicted octanol–water partition coefficient (Wildman–Crippen LogP) is 2.85. The molecule has 0 bridgehead atoms. The van der Waals surface area contributed by atoms with Gasteiger partial charge in [0.15, 0.2) is 4.73 Å². The Hall–Kier alpha value is -1.05. The number of hydrogen-bond acceptors (Lipinski definition) is 2. The van der Waals surface area contributed by atoms with Gasteiger partial charge in [0.1, 0.15) is 11.6 Å². The highest BCUT2D eigenvalue weighted by atomic mass is 79.9. The topological polar surface area (TPSA) is 52.5 Å². The van der Waals surface area contributed by atoms with E-state index in [1.54, 1.807) is 12.1 Å². The fourth-order valence-corrected chi connectivity index (χ4v) is 1.74. The minimum absolute atomic E-state index is 0.391. The van der Waals surface area contributed by atoms with Gasteiger partial charge in [0.05, 0.1) is 16.1 Å². The van der Waals surface area contributed by atoms with Crippen molar-refractivity contribution in [1.82, 2.24) is 9.97 Å². The van der Waals surface area contributed by atoms with Crippen LogP contribution in [0, 0.1) is 11.3 Å². The molecule has 0 saturated heterocycles. The second kappa shape index (κ2) is 3.02. The van der Waals surface area contributed by atoms with Crippen molar-refractivity contribution in [3.63, 3.8) is 0 Å². The zero-order chi connectivity index (χ0) is 9.42. The molecule has 1 aromatic heterocycles. The molecule has 0 saturated carbocycles. The van der Waals surface area contributed by atoms with Gasteiger partial charge in [-0.25, -0.2) is 4.98 Å². The third kappa shape index (κ3) is 1.30. The van der Waals surface area contributed by atoms with Crippen molar-refractivity contribution in [2.24, 2.45) is 0 Å². The molecule has 0 aliphatic rings. The van der Waals surface area contributed by atoms with E-state index in [0.717, 1.165) is 5.52 Å². The van der Waals surface area contributed by atoms with Crippen LogP contribution in [0.3, 0.4) is 0 Å². The molecule has 0 spiro atoms. The van der Waals surface area contributed by atoms with Crippen LogP contribution in [0.4, 0.5) is 0 Å². The van der Waals surface area contributed by atoms with Crippen molar-refractivity contribution >= 4 is 38.6 Å². The molecule has 0 aliphatic carbocycles. The van der Waals surface area contributed by atoms with Gasteiger partial charge in [-0.3, -0.25) is 0 Å². The van der Waals surface area contributed by atoms with Gasteiger partial charge in [-0.15, -0.1) is 0 Å². The van der Waals surface area contributed by atoms with E-state index in [-0.39, 0.29) is 0 Å². The Morgan fingerprint density at radius 3 is 3.00 bits per heavy atom. The van der Waals surface area contributed by atoms with Gasteiger partial charge >= 0.3 is 0 Å². The lowest BCUT2D eigenvalue weighted by atomic mass is 10.2. The third-order valence-corrected chi connectivity index (χ3v) is 2.44. The number of aromatic nitrogens is 2. The molecule has 0 radical (unpaired) electrons. The minimum atomic E-state index is 0.391. The molecule has 0 amide bonds. The van der Waals surface area contributed by atoms with Crippen molar-refractivity contribution in [2.75, 3.05) is 0 Å². The van der Waals surface area contributed by atoms with Crippen LogP contribution >= 0.6 is 27.5 Å². The highest BCUT2D eigenvalue weighted by Gasteiger charge is 2.08. The second-order valence-corrected chi connectivity index (χ2v) is 3.59. The van der Waals surface area contributed by atoms with Crippen LogP contribution in [-0.4, -0.2) is 9.97 Å². The highest BCUT2D eigenvalue weighted by Crippen LogP contribution is 2.26. The van der Waals surface area contributed by atoms with Gasteiger partial charge < -0.3 is 4.98 Å². The maximum absolute atomic E-state index is 8.70. The van der Waals surface area contributed by atoms with Gasteiger partial charge in [-0.2, -0.15) is 5.26 Å². The molecule has 5 heteroatoms. The molecule has 0 aliphatic heterocycles. The first-order valence-electron chi connectivity index (χ1n) is 3.46. The highest BCUT2D eigenvalue weighted by molar-refractivity contribution is 9.10. The molecule has 13 heavy (non-hydrogen) atoms. The first-order valence-corrected chi connectivity index (χ1v) is 4.63. The molecular weight excluding hydrogens is 253 g/mol. The monoisotopic (exact) mass is 255 g/mol. The smallest absolute Gasteiger partial charge is 0.175 e. The Morgan fingerprint density at radius 1 is 1.54 bits per heavy atom. The molecule has 1 N–H and O–H groups in total. The Morgan fingerprint density at radius 2 is 2.31 bits per heavy atom. The zero-order valence-corrected chi connectivity index (χ0v) is 8.65.